The molecule has 0 heterocycles. The quantitative estimate of drug-likeness (QED) is 0.392. The highest BCUT2D eigenvalue weighted by Gasteiger charge is 2.27. The smallest absolute Gasteiger partial charge is 0.242 e. The zero-order valence-electron chi connectivity index (χ0n) is 21.0. The first-order valence-corrected chi connectivity index (χ1v) is 14.1. The van der Waals surface area contributed by atoms with Crippen LogP contribution >= 0.6 is 11.6 Å². The summed E-state index contributed by atoms with van der Waals surface area (Å²) in [4.78, 5) is 27.6. The summed E-state index contributed by atoms with van der Waals surface area (Å²) >= 11 is 6.33. The predicted octanol–water partition coefficient (Wildman–Crippen LogP) is 4.53. The van der Waals surface area contributed by atoms with Gasteiger partial charge in [-0.25, -0.2) is 8.42 Å². The fourth-order valence-electron chi connectivity index (χ4n) is 3.75. The Bertz CT molecular complexity index is 1110. The summed E-state index contributed by atoms with van der Waals surface area (Å²) in [7, 11) is -3.53. The maximum Gasteiger partial charge on any atom is 0.242 e. The minimum Gasteiger partial charge on any atom is -0.354 e. The zero-order valence-corrected chi connectivity index (χ0v) is 22.5. The number of nitrogens with zero attached hydrogens (tertiary/aromatic N) is 2. The number of carbonyl (C=O) groups excluding carboxylic acids is 2. The van der Waals surface area contributed by atoms with Crippen LogP contribution in [0.1, 0.15) is 50.7 Å². The van der Waals surface area contributed by atoms with E-state index in [4.69, 9.17) is 11.6 Å². The molecule has 2 aromatic rings. The molecule has 1 atom stereocenters. The lowest BCUT2D eigenvalue weighted by atomic mass is 10.1. The average molecular weight is 522 g/mol. The van der Waals surface area contributed by atoms with E-state index >= 15 is 0 Å². The van der Waals surface area contributed by atoms with Crippen molar-refractivity contribution in [1.82, 2.24) is 10.2 Å². The Morgan fingerprint density at radius 3 is 2.34 bits per heavy atom. The van der Waals surface area contributed by atoms with E-state index < -0.39 is 16.1 Å². The number of benzene rings is 2. The van der Waals surface area contributed by atoms with Crippen molar-refractivity contribution in [3.8, 4) is 0 Å². The van der Waals surface area contributed by atoms with E-state index in [0.29, 0.717) is 23.7 Å². The topological polar surface area (TPSA) is 86.8 Å². The van der Waals surface area contributed by atoms with Crippen molar-refractivity contribution in [3.05, 3.63) is 64.7 Å². The van der Waals surface area contributed by atoms with Crippen LogP contribution in [-0.2, 0) is 26.2 Å². The van der Waals surface area contributed by atoms with E-state index in [1.165, 1.54) is 9.21 Å². The molecular formula is C26H36ClN3O4S. The summed E-state index contributed by atoms with van der Waals surface area (Å²) in [6.07, 6.45) is 3.37. The van der Waals surface area contributed by atoms with Crippen LogP contribution in [0.5, 0.6) is 0 Å². The van der Waals surface area contributed by atoms with Gasteiger partial charge in [-0.3, -0.25) is 13.9 Å². The number of rotatable bonds is 13. The highest BCUT2D eigenvalue weighted by Crippen LogP contribution is 2.23. The molecule has 2 rings (SSSR count). The number of anilines is 1. The lowest BCUT2D eigenvalue weighted by molar-refractivity contribution is -0.140. The van der Waals surface area contributed by atoms with Gasteiger partial charge in [-0.1, -0.05) is 61.3 Å². The Kier molecular flexibility index (Phi) is 11.0. The Labute approximate surface area is 214 Å². The normalized spacial score (nSPS) is 12.1. The molecule has 0 aliphatic heterocycles. The molecule has 9 heteroatoms. The summed E-state index contributed by atoms with van der Waals surface area (Å²) in [5.41, 5.74) is 2.18. The van der Waals surface area contributed by atoms with Crippen LogP contribution in [0.15, 0.2) is 48.5 Å². The van der Waals surface area contributed by atoms with Crippen LogP contribution in [0.25, 0.3) is 0 Å². The molecule has 2 amide bonds. The van der Waals surface area contributed by atoms with Crippen LogP contribution < -0.4 is 9.62 Å². The third-order valence-corrected chi connectivity index (χ3v) is 7.38. The molecule has 0 aromatic heterocycles. The second-order valence-electron chi connectivity index (χ2n) is 8.66. The van der Waals surface area contributed by atoms with Crippen LogP contribution in [0.4, 0.5) is 5.69 Å². The van der Waals surface area contributed by atoms with Crippen LogP contribution in [0.2, 0.25) is 5.02 Å². The number of carbonyl (C=O) groups is 2. The summed E-state index contributed by atoms with van der Waals surface area (Å²) in [6.45, 7) is 6.49. The molecule has 0 spiro atoms. The molecule has 0 aliphatic rings. The van der Waals surface area contributed by atoms with Crippen molar-refractivity contribution < 1.29 is 18.0 Å². The molecule has 0 aliphatic carbocycles. The number of nitrogens with one attached hydrogen (secondary N) is 1. The molecule has 0 bridgehead atoms. The molecule has 35 heavy (non-hydrogen) atoms. The molecule has 2 aromatic carbocycles. The number of hydrogen-bond donors (Lipinski definition) is 1. The predicted molar refractivity (Wildman–Crippen MR) is 142 cm³/mol. The fourth-order valence-corrected chi connectivity index (χ4v) is 4.97. The number of unbranched alkanes of at least 4 members (excludes halogenated alkanes) is 1. The van der Waals surface area contributed by atoms with Gasteiger partial charge in [-0.15, -0.1) is 0 Å². The number of halogens is 1. The van der Waals surface area contributed by atoms with Gasteiger partial charge in [0.1, 0.15) is 6.04 Å². The van der Waals surface area contributed by atoms with E-state index in [9.17, 15) is 18.0 Å². The van der Waals surface area contributed by atoms with Crippen molar-refractivity contribution in [2.45, 2.75) is 59.0 Å². The first-order chi connectivity index (χ1) is 16.6. The number of para-hydroxylation sites is 1. The molecule has 7 nitrogen and oxygen atoms in total. The van der Waals surface area contributed by atoms with Crippen LogP contribution in [0.3, 0.4) is 0 Å². The molecule has 0 radical (unpaired) electrons. The highest BCUT2D eigenvalue weighted by molar-refractivity contribution is 7.92. The van der Waals surface area contributed by atoms with Crippen molar-refractivity contribution in [2.75, 3.05) is 23.7 Å². The van der Waals surface area contributed by atoms with Gasteiger partial charge in [0, 0.05) is 31.1 Å². The Morgan fingerprint density at radius 2 is 1.71 bits per heavy atom. The molecule has 0 saturated carbocycles. The minimum atomic E-state index is -3.53. The average Bonchev–Trinajstić information content (AvgIpc) is 2.80. The molecule has 0 saturated heterocycles. The van der Waals surface area contributed by atoms with Gasteiger partial charge in [-0.05, 0) is 49.9 Å². The Balaban J connectivity index is 2.16. The second kappa shape index (κ2) is 13.5. The first kappa shape index (κ1) is 28.7. The summed E-state index contributed by atoms with van der Waals surface area (Å²) < 4.78 is 26.2. The van der Waals surface area contributed by atoms with Gasteiger partial charge in [0.25, 0.3) is 0 Å². The van der Waals surface area contributed by atoms with Crippen molar-refractivity contribution in [1.29, 1.82) is 0 Å². The Hall–Kier alpha value is -2.58. The third kappa shape index (κ3) is 8.54. The standard InChI is InChI=1S/C26H36ClN3O4S/c1-5-6-17-28-26(32)21(3)29(19-22-13-8-9-14-23(22)27)25(31)16-11-18-30(35(4,33)34)24-15-10-7-12-20(24)2/h7-10,12-15,21H,5-6,11,16-19H2,1-4H3,(H,28,32). The third-order valence-electron chi connectivity index (χ3n) is 5.83. The Morgan fingerprint density at radius 1 is 1.06 bits per heavy atom. The molecular weight excluding hydrogens is 486 g/mol. The largest absolute Gasteiger partial charge is 0.354 e. The summed E-state index contributed by atoms with van der Waals surface area (Å²) in [5.74, 6) is -0.460. The first-order valence-electron chi connectivity index (χ1n) is 11.9. The lowest BCUT2D eigenvalue weighted by Gasteiger charge is -2.30. The number of sulfonamides is 1. The summed E-state index contributed by atoms with van der Waals surface area (Å²) in [6, 6.07) is 13.8. The SMILES string of the molecule is CCCCNC(=O)C(C)N(Cc1ccccc1Cl)C(=O)CCCN(c1ccccc1C)S(C)(=O)=O. The molecule has 192 valence electrons. The van der Waals surface area contributed by atoms with Crippen molar-refractivity contribution in [2.24, 2.45) is 0 Å². The van der Waals surface area contributed by atoms with E-state index in [1.807, 2.05) is 44.2 Å². The number of amides is 2. The fraction of sp³-hybridized carbons (Fsp3) is 0.462. The van der Waals surface area contributed by atoms with Crippen LogP contribution in [0, 0.1) is 6.92 Å². The van der Waals surface area contributed by atoms with E-state index in [2.05, 4.69) is 5.32 Å². The monoisotopic (exact) mass is 521 g/mol. The second-order valence-corrected chi connectivity index (χ2v) is 11.0. The van der Waals surface area contributed by atoms with Crippen molar-refractivity contribution >= 4 is 39.1 Å². The number of aryl methyl sites for hydroxylation is 1. The minimum absolute atomic E-state index is 0.0922. The maximum absolute atomic E-state index is 13.3. The van der Waals surface area contributed by atoms with E-state index in [0.717, 1.165) is 30.2 Å². The van der Waals surface area contributed by atoms with Gasteiger partial charge in [-0.2, -0.15) is 0 Å². The van der Waals surface area contributed by atoms with Crippen LogP contribution in [-0.4, -0.2) is 50.5 Å². The molecule has 1 N–H and O–H groups in total. The van der Waals surface area contributed by atoms with Gasteiger partial charge in [0.15, 0.2) is 0 Å². The van der Waals surface area contributed by atoms with Gasteiger partial charge in [0.05, 0.1) is 11.9 Å². The van der Waals surface area contributed by atoms with Gasteiger partial charge in [0.2, 0.25) is 21.8 Å². The van der Waals surface area contributed by atoms with E-state index in [1.54, 1.807) is 25.1 Å². The molecule has 0 fully saturated rings. The summed E-state index contributed by atoms with van der Waals surface area (Å²) in [5, 5.41) is 3.41. The van der Waals surface area contributed by atoms with Gasteiger partial charge < -0.3 is 10.2 Å². The van der Waals surface area contributed by atoms with Gasteiger partial charge >= 0.3 is 0 Å². The maximum atomic E-state index is 13.3. The van der Waals surface area contributed by atoms with E-state index in [-0.39, 0.29) is 31.3 Å². The highest BCUT2D eigenvalue weighted by atomic mass is 35.5. The van der Waals surface area contributed by atoms with Crippen molar-refractivity contribution in [3.63, 3.8) is 0 Å². The zero-order chi connectivity index (χ0) is 26.0. The number of hydrogen-bond acceptors (Lipinski definition) is 4. The molecule has 1 unspecified atom stereocenters. The lowest BCUT2D eigenvalue weighted by Crippen LogP contribution is -2.48.